The maximum absolute atomic E-state index is 12.5. The highest BCUT2D eigenvalue weighted by Gasteiger charge is 2.31. The molecule has 0 aromatic carbocycles. The summed E-state index contributed by atoms with van der Waals surface area (Å²) in [7, 11) is -4.55. The topological polar surface area (TPSA) is 157 Å². The molecule has 4 atom stereocenters. The number of hydrogen-bond acceptors (Lipinski definition) is 7. The number of aromatic amines is 1. The van der Waals surface area contributed by atoms with Gasteiger partial charge in [-0.05, 0) is 19.4 Å². The lowest BCUT2D eigenvalue weighted by molar-refractivity contribution is -0.139. The van der Waals surface area contributed by atoms with Crippen LogP contribution in [0.4, 0.5) is 0 Å². The molecule has 234 valence electrons. The molecule has 0 fully saturated rings. The van der Waals surface area contributed by atoms with E-state index in [9.17, 15) is 28.9 Å². The Balaban J connectivity index is 1.63. The van der Waals surface area contributed by atoms with E-state index in [1.807, 2.05) is 0 Å². The number of unbranched alkanes of at least 4 members (excludes halogenated alkanes) is 13. The molecule has 1 aliphatic rings. The second-order valence-corrected chi connectivity index (χ2v) is 12.3. The predicted octanol–water partition coefficient (Wildman–Crippen LogP) is 6.15. The fraction of sp³-hybridized carbons (Fsp3) is 0.759. The molecule has 0 saturated carbocycles. The first-order chi connectivity index (χ1) is 19.6. The van der Waals surface area contributed by atoms with Gasteiger partial charge in [-0.3, -0.25) is 28.2 Å². The predicted molar refractivity (Wildman–Crippen MR) is 157 cm³/mol. The van der Waals surface area contributed by atoms with Gasteiger partial charge < -0.3 is 14.7 Å². The van der Waals surface area contributed by atoms with Crippen molar-refractivity contribution in [1.82, 2.24) is 9.55 Å². The van der Waals surface area contributed by atoms with Crippen molar-refractivity contribution in [3.05, 3.63) is 44.8 Å². The average Bonchev–Trinajstić information content (AvgIpc) is 3.38. The maximum Gasteiger partial charge on any atom is 0.472 e. The van der Waals surface area contributed by atoms with Crippen LogP contribution in [0.2, 0.25) is 0 Å². The lowest BCUT2D eigenvalue weighted by atomic mass is 10.0. The molecule has 0 bridgehead atoms. The van der Waals surface area contributed by atoms with Crippen molar-refractivity contribution < 1.29 is 33.1 Å². The number of hydrogen-bond donors (Lipinski definition) is 3. The zero-order chi connectivity index (χ0) is 30.1. The Labute approximate surface area is 242 Å². The summed E-state index contributed by atoms with van der Waals surface area (Å²) < 4.78 is 29.7. The molecule has 12 heteroatoms. The SMILES string of the molecule is CCCCCCCCCCCCCCCCC(CC(=O)O)OP(=O)(O)OC[C@@H]1C=C[C@H](n2cc(C)c(=O)[nH]c2=O)O1. The summed E-state index contributed by atoms with van der Waals surface area (Å²) in [5.41, 5.74) is -0.803. The Bertz CT molecular complexity index is 1100. The Hall–Kier alpha value is -2.04. The van der Waals surface area contributed by atoms with Crippen LogP contribution in [0.15, 0.2) is 27.9 Å². The first kappa shape index (κ1) is 35.2. The van der Waals surface area contributed by atoms with Gasteiger partial charge in [0.15, 0.2) is 6.23 Å². The molecule has 1 aromatic rings. The molecule has 0 amide bonds. The normalized spacial score (nSPS) is 18.9. The van der Waals surface area contributed by atoms with Gasteiger partial charge in [0.1, 0.15) is 6.10 Å². The zero-order valence-corrected chi connectivity index (χ0v) is 25.5. The van der Waals surface area contributed by atoms with Crippen LogP contribution in [0.25, 0.3) is 0 Å². The van der Waals surface area contributed by atoms with Crippen molar-refractivity contribution in [1.29, 1.82) is 0 Å². The molecule has 3 N–H and O–H groups in total. The number of phosphoric acid groups is 1. The molecular formula is C29H49N2O9P. The summed E-state index contributed by atoms with van der Waals surface area (Å²) in [4.78, 5) is 47.3. The Morgan fingerprint density at radius 1 is 1.00 bits per heavy atom. The van der Waals surface area contributed by atoms with Crippen molar-refractivity contribution in [3.63, 3.8) is 0 Å². The van der Waals surface area contributed by atoms with Crippen molar-refractivity contribution in [3.8, 4) is 0 Å². The molecule has 41 heavy (non-hydrogen) atoms. The molecule has 2 rings (SSSR count). The van der Waals surface area contributed by atoms with E-state index >= 15 is 0 Å². The van der Waals surface area contributed by atoms with Crippen molar-refractivity contribution in [2.24, 2.45) is 0 Å². The molecular weight excluding hydrogens is 551 g/mol. The fourth-order valence-corrected chi connectivity index (χ4v) is 5.81. The standard InChI is InChI=1S/C29H49N2O9P/c1-3-4-5-6-7-8-9-10-11-12-13-14-15-16-17-24(20-27(32)33)40-41(36,37)38-22-25-18-19-26(39-25)31-21-23(2)28(34)30-29(31)35/h18-19,21,24-26H,3-17,20,22H2,1-2H3,(H,32,33)(H,36,37)(H,30,34,35)/t24?,25-,26+/m0/s1. The molecule has 0 spiro atoms. The number of nitrogens with one attached hydrogen (secondary N) is 1. The molecule has 0 aliphatic carbocycles. The van der Waals surface area contributed by atoms with E-state index in [4.69, 9.17) is 13.8 Å². The lowest BCUT2D eigenvalue weighted by Crippen LogP contribution is -2.33. The van der Waals surface area contributed by atoms with Gasteiger partial charge in [0.05, 0.1) is 19.1 Å². The molecule has 1 aromatic heterocycles. The van der Waals surface area contributed by atoms with Crippen LogP contribution >= 0.6 is 7.82 Å². The third-order valence-corrected chi connectivity index (χ3v) is 8.23. The van der Waals surface area contributed by atoms with E-state index in [0.717, 1.165) is 19.3 Å². The van der Waals surface area contributed by atoms with Gasteiger partial charge in [0, 0.05) is 11.8 Å². The van der Waals surface area contributed by atoms with Gasteiger partial charge in [-0.15, -0.1) is 0 Å². The number of rotatable bonds is 23. The minimum absolute atomic E-state index is 0.331. The molecule has 2 unspecified atom stereocenters. The number of aryl methyl sites for hydroxylation is 1. The monoisotopic (exact) mass is 600 g/mol. The van der Waals surface area contributed by atoms with Crippen LogP contribution in [0.3, 0.4) is 0 Å². The summed E-state index contributed by atoms with van der Waals surface area (Å²) in [5, 5.41) is 9.22. The van der Waals surface area contributed by atoms with Gasteiger partial charge in [0.2, 0.25) is 0 Å². The number of phosphoric ester groups is 1. The van der Waals surface area contributed by atoms with Crippen LogP contribution in [0.5, 0.6) is 0 Å². The van der Waals surface area contributed by atoms with Crippen LogP contribution in [-0.4, -0.2) is 44.3 Å². The minimum atomic E-state index is -4.55. The molecule has 11 nitrogen and oxygen atoms in total. The number of aliphatic carboxylic acids is 1. The largest absolute Gasteiger partial charge is 0.481 e. The first-order valence-electron chi connectivity index (χ1n) is 15.1. The number of carboxylic acids is 1. The quantitative estimate of drug-likeness (QED) is 0.0761. The summed E-state index contributed by atoms with van der Waals surface area (Å²) in [6, 6.07) is 0. The third kappa shape index (κ3) is 14.6. The second kappa shape index (κ2) is 19.2. The summed E-state index contributed by atoms with van der Waals surface area (Å²) >= 11 is 0. The highest BCUT2D eigenvalue weighted by atomic mass is 31.2. The van der Waals surface area contributed by atoms with E-state index in [1.54, 1.807) is 19.1 Å². The van der Waals surface area contributed by atoms with E-state index in [-0.39, 0.29) is 6.61 Å². The van der Waals surface area contributed by atoms with Gasteiger partial charge in [0.25, 0.3) is 5.56 Å². The van der Waals surface area contributed by atoms with Gasteiger partial charge in [-0.1, -0.05) is 103 Å². The number of carbonyl (C=O) groups is 1. The fourth-order valence-electron chi connectivity index (χ4n) is 4.86. The zero-order valence-electron chi connectivity index (χ0n) is 24.6. The van der Waals surface area contributed by atoms with Crippen molar-refractivity contribution >= 4 is 13.8 Å². The van der Waals surface area contributed by atoms with Crippen LogP contribution in [-0.2, 0) is 23.1 Å². The number of ether oxygens (including phenoxy) is 1. The van der Waals surface area contributed by atoms with Gasteiger partial charge in [-0.2, -0.15) is 0 Å². The summed E-state index contributed by atoms with van der Waals surface area (Å²) in [6.45, 7) is 3.45. The molecule has 1 aliphatic heterocycles. The number of H-pyrrole nitrogens is 1. The van der Waals surface area contributed by atoms with E-state index in [2.05, 4.69) is 11.9 Å². The third-order valence-electron chi connectivity index (χ3n) is 7.19. The van der Waals surface area contributed by atoms with Gasteiger partial charge in [-0.25, -0.2) is 9.36 Å². The van der Waals surface area contributed by atoms with E-state index in [1.165, 1.54) is 75.0 Å². The van der Waals surface area contributed by atoms with Crippen LogP contribution in [0.1, 0.15) is 121 Å². The molecule has 2 heterocycles. The number of aromatic nitrogens is 2. The Morgan fingerprint density at radius 2 is 1.56 bits per heavy atom. The van der Waals surface area contributed by atoms with Crippen LogP contribution in [0, 0.1) is 6.92 Å². The lowest BCUT2D eigenvalue weighted by Gasteiger charge is -2.21. The maximum atomic E-state index is 12.5. The summed E-state index contributed by atoms with van der Waals surface area (Å²) in [5.74, 6) is -1.12. The molecule has 0 saturated heterocycles. The first-order valence-corrected chi connectivity index (χ1v) is 16.6. The Morgan fingerprint density at radius 3 is 2.12 bits per heavy atom. The number of carboxylic acid groups (broad SMARTS) is 1. The summed E-state index contributed by atoms with van der Waals surface area (Å²) in [6.07, 6.45) is 18.7. The highest BCUT2D eigenvalue weighted by Crippen LogP contribution is 2.46. The van der Waals surface area contributed by atoms with Crippen molar-refractivity contribution in [2.45, 2.75) is 135 Å². The van der Waals surface area contributed by atoms with E-state index in [0.29, 0.717) is 18.4 Å². The average molecular weight is 601 g/mol. The minimum Gasteiger partial charge on any atom is -0.481 e. The second-order valence-electron chi connectivity index (χ2n) is 10.9. The van der Waals surface area contributed by atoms with E-state index < -0.39 is 49.9 Å². The van der Waals surface area contributed by atoms with Crippen LogP contribution < -0.4 is 11.2 Å². The number of nitrogens with zero attached hydrogens (tertiary/aromatic N) is 1. The van der Waals surface area contributed by atoms with Gasteiger partial charge >= 0.3 is 19.5 Å². The van der Waals surface area contributed by atoms with Crippen molar-refractivity contribution in [2.75, 3.05) is 6.61 Å². The smallest absolute Gasteiger partial charge is 0.472 e. The highest BCUT2D eigenvalue weighted by molar-refractivity contribution is 7.47. The molecule has 0 radical (unpaired) electrons. The Kier molecular flexibility index (Phi) is 16.5.